The van der Waals surface area contributed by atoms with Crippen molar-refractivity contribution in [2.45, 2.75) is 25.3 Å². The van der Waals surface area contributed by atoms with E-state index in [-0.39, 0.29) is 0 Å². The summed E-state index contributed by atoms with van der Waals surface area (Å²) < 4.78 is 26.8. The summed E-state index contributed by atoms with van der Waals surface area (Å²) in [6, 6.07) is 8.70. The lowest BCUT2D eigenvalue weighted by molar-refractivity contribution is 0.426. The van der Waals surface area contributed by atoms with E-state index in [0.29, 0.717) is 23.7 Å². The van der Waals surface area contributed by atoms with Gasteiger partial charge < -0.3 is 5.73 Å². The van der Waals surface area contributed by atoms with Crippen LogP contribution in [0.4, 0.5) is 5.69 Å². The molecule has 1 aromatic carbocycles. The number of anilines is 1. The summed E-state index contributed by atoms with van der Waals surface area (Å²) >= 11 is 1.56. The maximum Gasteiger partial charge on any atom is 0.243 e. The van der Waals surface area contributed by atoms with Gasteiger partial charge in [-0.15, -0.1) is 11.3 Å². The van der Waals surface area contributed by atoms with Gasteiger partial charge in [0.1, 0.15) is 0 Å². The average Bonchev–Trinajstić information content (AvgIpc) is 2.91. The molecule has 0 bridgehead atoms. The number of nitrogen functional groups attached to an aromatic ring is 1. The highest BCUT2D eigenvalue weighted by atomic mass is 32.2. The first-order valence-electron chi connectivity index (χ1n) is 6.34. The predicted molar refractivity (Wildman–Crippen MR) is 83.2 cm³/mol. The minimum atomic E-state index is -3.48. The van der Waals surface area contributed by atoms with Crippen LogP contribution in [0.25, 0.3) is 0 Å². The lowest BCUT2D eigenvalue weighted by Crippen LogP contribution is -2.30. The van der Waals surface area contributed by atoms with E-state index in [9.17, 15) is 8.42 Å². The molecule has 0 spiro atoms. The smallest absolute Gasteiger partial charge is 0.243 e. The Kier molecular flexibility index (Phi) is 4.47. The standard InChI is InChI=1S/C14H18N2O2S2/c1-3-16(10-12-5-4-8-19-12)20(17,18)13-6-7-14(15)11(2)9-13/h4-9H,3,10,15H2,1-2H3. The Bertz CT molecular complexity index is 679. The predicted octanol–water partition coefficient (Wildman–Crippen LogP) is 2.85. The number of rotatable bonds is 5. The van der Waals surface area contributed by atoms with Gasteiger partial charge in [-0.3, -0.25) is 0 Å². The van der Waals surface area contributed by atoms with Gasteiger partial charge in [0.25, 0.3) is 0 Å². The van der Waals surface area contributed by atoms with Gasteiger partial charge in [-0.25, -0.2) is 8.42 Å². The number of sulfonamides is 1. The number of hydrogen-bond acceptors (Lipinski definition) is 4. The Morgan fingerprint density at radius 2 is 2.05 bits per heavy atom. The summed E-state index contributed by atoms with van der Waals surface area (Å²) in [6.07, 6.45) is 0. The molecule has 0 radical (unpaired) electrons. The van der Waals surface area contributed by atoms with E-state index in [1.54, 1.807) is 29.5 Å². The SMILES string of the molecule is CCN(Cc1cccs1)S(=O)(=O)c1ccc(N)c(C)c1. The third-order valence-corrected chi connectivity index (χ3v) is 5.92. The summed E-state index contributed by atoms with van der Waals surface area (Å²) in [4.78, 5) is 1.32. The van der Waals surface area contributed by atoms with Crippen molar-refractivity contribution in [2.24, 2.45) is 0 Å². The minimum Gasteiger partial charge on any atom is -0.399 e. The second-order valence-electron chi connectivity index (χ2n) is 4.53. The highest BCUT2D eigenvalue weighted by Gasteiger charge is 2.23. The average molecular weight is 310 g/mol. The van der Waals surface area contributed by atoms with Crippen LogP contribution in [0.15, 0.2) is 40.6 Å². The van der Waals surface area contributed by atoms with Gasteiger partial charge in [-0.2, -0.15) is 4.31 Å². The van der Waals surface area contributed by atoms with E-state index in [1.165, 1.54) is 4.31 Å². The van der Waals surface area contributed by atoms with Crippen molar-refractivity contribution >= 4 is 27.0 Å². The van der Waals surface area contributed by atoms with Crippen molar-refractivity contribution in [1.82, 2.24) is 4.31 Å². The van der Waals surface area contributed by atoms with Crippen LogP contribution in [0.5, 0.6) is 0 Å². The van der Waals surface area contributed by atoms with Crippen LogP contribution < -0.4 is 5.73 Å². The van der Waals surface area contributed by atoms with Crippen molar-refractivity contribution in [2.75, 3.05) is 12.3 Å². The summed E-state index contributed by atoms with van der Waals surface area (Å²) in [5.74, 6) is 0. The molecule has 4 nitrogen and oxygen atoms in total. The molecule has 2 aromatic rings. The molecular weight excluding hydrogens is 292 g/mol. The van der Waals surface area contributed by atoms with Crippen molar-refractivity contribution in [3.05, 3.63) is 46.2 Å². The number of aryl methyl sites for hydroxylation is 1. The minimum absolute atomic E-state index is 0.294. The molecule has 2 N–H and O–H groups in total. The molecule has 0 fully saturated rings. The molecule has 0 saturated carbocycles. The van der Waals surface area contributed by atoms with Crippen LogP contribution in [0.3, 0.4) is 0 Å². The lowest BCUT2D eigenvalue weighted by atomic mass is 10.2. The Hall–Kier alpha value is -1.37. The number of thiophene rings is 1. The van der Waals surface area contributed by atoms with Gasteiger partial charge in [0.05, 0.1) is 4.90 Å². The van der Waals surface area contributed by atoms with E-state index in [2.05, 4.69) is 0 Å². The van der Waals surface area contributed by atoms with Gasteiger partial charge in [-0.1, -0.05) is 13.0 Å². The van der Waals surface area contributed by atoms with Gasteiger partial charge >= 0.3 is 0 Å². The first-order valence-corrected chi connectivity index (χ1v) is 8.65. The van der Waals surface area contributed by atoms with Gasteiger partial charge in [0.2, 0.25) is 10.0 Å². The van der Waals surface area contributed by atoms with E-state index in [1.807, 2.05) is 31.4 Å². The fourth-order valence-electron chi connectivity index (χ4n) is 1.90. The fourth-order valence-corrected chi connectivity index (χ4v) is 4.21. The maximum absolute atomic E-state index is 12.6. The molecule has 0 aliphatic rings. The number of nitrogens with zero attached hydrogens (tertiary/aromatic N) is 1. The molecule has 0 saturated heterocycles. The van der Waals surface area contributed by atoms with Crippen LogP contribution in [0.2, 0.25) is 0 Å². The fraction of sp³-hybridized carbons (Fsp3) is 0.286. The molecule has 0 amide bonds. The van der Waals surface area contributed by atoms with Crippen LogP contribution >= 0.6 is 11.3 Å². The molecule has 1 aromatic heterocycles. The molecular formula is C14H18N2O2S2. The first-order chi connectivity index (χ1) is 9.45. The van der Waals surface area contributed by atoms with E-state index >= 15 is 0 Å². The van der Waals surface area contributed by atoms with Gasteiger partial charge in [0, 0.05) is 23.7 Å². The highest BCUT2D eigenvalue weighted by molar-refractivity contribution is 7.89. The lowest BCUT2D eigenvalue weighted by Gasteiger charge is -2.20. The van der Waals surface area contributed by atoms with Crippen LogP contribution in [-0.4, -0.2) is 19.3 Å². The quantitative estimate of drug-likeness (QED) is 0.864. The Labute approximate surface area is 123 Å². The Balaban J connectivity index is 2.33. The van der Waals surface area contributed by atoms with Gasteiger partial charge in [-0.05, 0) is 42.1 Å². The maximum atomic E-state index is 12.6. The second kappa shape index (κ2) is 5.95. The molecule has 108 valence electrons. The first kappa shape index (κ1) is 15.0. The van der Waals surface area contributed by atoms with E-state index in [4.69, 9.17) is 5.73 Å². The Morgan fingerprint density at radius 1 is 1.30 bits per heavy atom. The number of hydrogen-bond donors (Lipinski definition) is 1. The van der Waals surface area contributed by atoms with Crippen LogP contribution in [-0.2, 0) is 16.6 Å². The molecule has 20 heavy (non-hydrogen) atoms. The topological polar surface area (TPSA) is 63.4 Å². The van der Waals surface area contributed by atoms with Crippen molar-refractivity contribution in [1.29, 1.82) is 0 Å². The molecule has 2 rings (SSSR count). The summed E-state index contributed by atoms with van der Waals surface area (Å²) in [7, 11) is -3.48. The van der Waals surface area contributed by atoms with Crippen molar-refractivity contribution < 1.29 is 8.42 Å². The van der Waals surface area contributed by atoms with Crippen molar-refractivity contribution in [3.8, 4) is 0 Å². The zero-order valence-electron chi connectivity index (χ0n) is 11.5. The molecule has 0 aliphatic carbocycles. The largest absolute Gasteiger partial charge is 0.399 e. The van der Waals surface area contributed by atoms with E-state index in [0.717, 1.165) is 10.4 Å². The summed E-state index contributed by atoms with van der Waals surface area (Å²) in [5.41, 5.74) is 7.12. The molecule has 0 atom stereocenters. The monoisotopic (exact) mass is 310 g/mol. The van der Waals surface area contributed by atoms with Crippen LogP contribution in [0.1, 0.15) is 17.4 Å². The third-order valence-electron chi connectivity index (χ3n) is 3.14. The highest BCUT2D eigenvalue weighted by Crippen LogP contribution is 2.23. The molecule has 0 aliphatic heterocycles. The second-order valence-corrected chi connectivity index (χ2v) is 7.50. The third kappa shape index (κ3) is 3.03. The Morgan fingerprint density at radius 3 is 2.60 bits per heavy atom. The normalized spacial score (nSPS) is 11.9. The van der Waals surface area contributed by atoms with Gasteiger partial charge in [0.15, 0.2) is 0 Å². The van der Waals surface area contributed by atoms with Crippen LogP contribution in [0, 0.1) is 6.92 Å². The number of benzene rings is 1. The molecule has 1 heterocycles. The molecule has 6 heteroatoms. The van der Waals surface area contributed by atoms with E-state index < -0.39 is 10.0 Å². The summed E-state index contributed by atoms with van der Waals surface area (Å²) in [5, 5.41) is 1.95. The molecule has 0 unspecified atom stereocenters. The number of nitrogens with two attached hydrogens (primary N) is 1. The zero-order chi connectivity index (χ0) is 14.8. The van der Waals surface area contributed by atoms with Crippen molar-refractivity contribution in [3.63, 3.8) is 0 Å². The summed E-state index contributed by atoms with van der Waals surface area (Å²) in [6.45, 7) is 4.49. The zero-order valence-corrected chi connectivity index (χ0v) is 13.2.